The van der Waals surface area contributed by atoms with E-state index < -0.39 is 0 Å². The SMILES string of the molecule is COc1cccc2c1O[C@H]1C(=O)CC[C@@H]3CN(CC4CC4)CC[C@@]231. The molecule has 4 nitrogen and oxygen atoms in total. The molecule has 3 fully saturated rings. The molecule has 1 spiro atoms. The van der Waals surface area contributed by atoms with Crippen molar-refractivity contribution in [3.05, 3.63) is 23.8 Å². The van der Waals surface area contributed by atoms with Crippen molar-refractivity contribution in [2.45, 2.75) is 43.6 Å². The number of ketones is 1. The van der Waals surface area contributed by atoms with E-state index in [1.807, 2.05) is 12.1 Å². The molecule has 3 atom stereocenters. The lowest BCUT2D eigenvalue weighted by Gasteiger charge is -2.50. The highest BCUT2D eigenvalue weighted by atomic mass is 16.5. The van der Waals surface area contributed by atoms with Crippen molar-refractivity contribution < 1.29 is 14.3 Å². The Balaban J connectivity index is 1.54. The van der Waals surface area contributed by atoms with Crippen LogP contribution in [0.4, 0.5) is 0 Å². The molecule has 0 amide bonds. The number of hydrogen-bond acceptors (Lipinski definition) is 4. The van der Waals surface area contributed by atoms with Crippen LogP contribution in [0.5, 0.6) is 11.5 Å². The number of para-hydroxylation sites is 1. The van der Waals surface area contributed by atoms with Gasteiger partial charge in [-0.1, -0.05) is 12.1 Å². The Morgan fingerprint density at radius 1 is 1.33 bits per heavy atom. The number of rotatable bonds is 3. The highest BCUT2D eigenvalue weighted by molar-refractivity contribution is 5.88. The van der Waals surface area contributed by atoms with Gasteiger partial charge in [-0.05, 0) is 50.1 Å². The molecule has 2 saturated carbocycles. The van der Waals surface area contributed by atoms with Crippen LogP contribution in [0.25, 0.3) is 0 Å². The van der Waals surface area contributed by atoms with Crippen LogP contribution in [-0.2, 0) is 10.2 Å². The van der Waals surface area contributed by atoms with Crippen molar-refractivity contribution in [2.24, 2.45) is 11.8 Å². The van der Waals surface area contributed by atoms with Gasteiger partial charge in [0.15, 0.2) is 23.4 Å². The molecule has 4 heteroatoms. The molecule has 1 saturated heterocycles. The maximum atomic E-state index is 12.7. The Bertz CT molecular complexity index is 683. The summed E-state index contributed by atoms with van der Waals surface area (Å²) >= 11 is 0. The Labute approximate surface area is 143 Å². The fraction of sp³-hybridized carbons (Fsp3) is 0.650. The number of hydrogen-bond donors (Lipinski definition) is 0. The number of carbonyl (C=O) groups is 1. The second-order valence-electron chi connectivity index (χ2n) is 8.03. The number of methoxy groups -OCH3 is 1. The maximum absolute atomic E-state index is 12.7. The zero-order valence-electron chi connectivity index (χ0n) is 14.3. The Morgan fingerprint density at radius 2 is 2.21 bits per heavy atom. The first-order chi connectivity index (χ1) is 11.7. The molecule has 128 valence electrons. The lowest BCUT2D eigenvalue weighted by Crippen LogP contribution is -2.59. The zero-order chi connectivity index (χ0) is 16.3. The molecular formula is C20H25NO3. The Kier molecular flexibility index (Phi) is 3.21. The van der Waals surface area contributed by atoms with Gasteiger partial charge in [-0.2, -0.15) is 0 Å². The van der Waals surface area contributed by atoms with E-state index in [1.165, 1.54) is 24.9 Å². The summed E-state index contributed by atoms with van der Waals surface area (Å²) in [6, 6.07) is 6.15. The summed E-state index contributed by atoms with van der Waals surface area (Å²) in [4.78, 5) is 15.3. The predicted molar refractivity (Wildman–Crippen MR) is 90.6 cm³/mol. The minimum Gasteiger partial charge on any atom is -0.493 e. The van der Waals surface area contributed by atoms with E-state index in [4.69, 9.17) is 9.47 Å². The summed E-state index contributed by atoms with van der Waals surface area (Å²) in [6.45, 7) is 3.44. The van der Waals surface area contributed by atoms with Gasteiger partial charge in [0, 0.05) is 30.5 Å². The third-order valence-electron chi connectivity index (χ3n) is 6.70. The molecule has 24 heavy (non-hydrogen) atoms. The second kappa shape index (κ2) is 5.22. The van der Waals surface area contributed by atoms with Crippen molar-refractivity contribution in [1.29, 1.82) is 0 Å². The summed E-state index contributed by atoms with van der Waals surface area (Å²) in [7, 11) is 1.68. The zero-order valence-corrected chi connectivity index (χ0v) is 14.3. The molecule has 2 heterocycles. The van der Waals surface area contributed by atoms with Gasteiger partial charge in [-0.25, -0.2) is 0 Å². The van der Waals surface area contributed by atoms with Crippen LogP contribution in [-0.4, -0.2) is 43.5 Å². The molecule has 2 aliphatic heterocycles. The van der Waals surface area contributed by atoms with Gasteiger partial charge in [-0.3, -0.25) is 4.79 Å². The fourth-order valence-electron chi connectivity index (χ4n) is 5.32. The van der Waals surface area contributed by atoms with E-state index in [-0.39, 0.29) is 17.3 Å². The van der Waals surface area contributed by atoms with Gasteiger partial charge < -0.3 is 14.4 Å². The Hall–Kier alpha value is -1.55. The quantitative estimate of drug-likeness (QED) is 0.856. The first-order valence-corrected chi connectivity index (χ1v) is 9.31. The molecule has 0 N–H and O–H groups in total. The highest BCUT2D eigenvalue weighted by Crippen LogP contribution is 2.58. The fourth-order valence-corrected chi connectivity index (χ4v) is 5.32. The van der Waals surface area contributed by atoms with Gasteiger partial charge in [-0.15, -0.1) is 0 Å². The standard InChI is InChI=1S/C20H25NO3/c1-23-17-4-2-3-15-18(17)24-19-16(22)8-7-14-12-21(11-13-5-6-13)10-9-20(14,15)19/h2-4,13-14,19H,5-12H2,1H3/t14-,19+,20+/m1/s1. The first kappa shape index (κ1) is 14.8. The van der Waals surface area contributed by atoms with E-state index in [2.05, 4.69) is 11.0 Å². The molecule has 0 unspecified atom stereocenters. The van der Waals surface area contributed by atoms with Crippen LogP contribution >= 0.6 is 0 Å². The number of benzene rings is 1. The Morgan fingerprint density at radius 3 is 3.00 bits per heavy atom. The van der Waals surface area contributed by atoms with Crippen molar-refractivity contribution in [3.8, 4) is 11.5 Å². The van der Waals surface area contributed by atoms with E-state index in [9.17, 15) is 4.79 Å². The lowest BCUT2D eigenvalue weighted by atomic mass is 9.58. The highest BCUT2D eigenvalue weighted by Gasteiger charge is 2.60. The largest absolute Gasteiger partial charge is 0.493 e. The topological polar surface area (TPSA) is 38.8 Å². The van der Waals surface area contributed by atoms with E-state index in [1.54, 1.807) is 7.11 Å². The average molecular weight is 327 g/mol. The maximum Gasteiger partial charge on any atom is 0.174 e. The van der Waals surface area contributed by atoms with Crippen LogP contribution in [0, 0.1) is 11.8 Å². The van der Waals surface area contributed by atoms with Gasteiger partial charge in [0.2, 0.25) is 0 Å². The summed E-state index contributed by atoms with van der Waals surface area (Å²) in [5.41, 5.74) is 1.09. The monoisotopic (exact) mass is 327 g/mol. The van der Waals surface area contributed by atoms with Crippen LogP contribution in [0.3, 0.4) is 0 Å². The van der Waals surface area contributed by atoms with E-state index >= 15 is 0 Å². The molecule has 4 aliphatic rings. The van der Waals surface area contributed by atoms with Gasteiger partial charge in [0.1, 0.15) is 0 Å². The first-order valence-electron chi connectivity index (χ1n) is 9.31. The van der Waals surface area contributed by atoms with Gasteiger partial charge in [0.25, 0.3) is 0 Å². The number of carbonyl (C=O) groups excluding carboxylic acids is 1. The summed E-state index contributed by atoms with van der Waals surface area (Å²) in [5, 5.41) is 0. The molecule has 1 aromatic carbocycles. The average Bonchev–Trinajstić information content (AvgIpc) is 3.35. The molecule has 5 rings (SSSR count). The van der Waals surface area contributed by atoms with Crippen LogP contribution in [0.15, 0.2) is 18.2 Å². The molecule has 0 aromatic heterocycles. The third kappa shape index (κ3) is 1.98. The summed E-state index contributed by atoms with van der Waals surface area (Å²) in [6.07, 6.45) is 5.18. The number of nitrogens with zero attached hydrogens (tertiary/aromatic N) is 1. The normalized spacial score (nSPS) is 35.0. The van der Waals surface area contributed by atoms with Crippen molar-refractivity contribution in [2.75, 3.05) is 26.7 Å². The van der Waals surface area contributed by atoms with Gasteiger partial charge in [0.05, 0.1) is 7.11 Å². The number of piperidine rings is 1. The van der Waals surface area contributed by atoms with E-state index in [0.29, 0.717) is 12.3 Å². The summed E-state index contributed by atoms with van der Waals surface area (Å²) < 4.78 is 11.8. The van der Waals surface area contributed by atoms with Crippen molar-refractivity contribution in [3.63, 3.8) is 0 Å². The van der Waals surface area contributed by atoms with Gasteiger partial charge >= 0.3 is 0 Å². The lowest BCUT2D eigenvalue weighted by molar-refractivity contribution is -0.135. The van der Waals surface area contributed by atoms with Crippen LogP contribution in [0.1, 0.15) is 37.7 Å². The van der Waals surface area contributed by atoms with Crippen molar-refractivity contribution >= 4 is 5.78 Å². The van der Waals surface area contributed by atoms with Crippen molar-refractivity contribution in [1.82, 2.24) is 4.90 Å². The number of Topliss-reactive ketones (excluding diaryl/α,β-unsaturated/α-hetero) is 1. The number of fused-ring (bicyclic) bond motifs is 1. The molecular weight excluding hydrogens is 302 g/mol. The minimum atomic E-state index is -0.300. The van der Waals surface area contributed by atoms with Crippen LogP contribution in [0.2, 0.25) is 0 Å². The predicted octanol–water partition coefficient (Wildman–Crippen LogP) is 2.79. The molecule has 0 radical (unpaired) electrons. The number of likely N-dealkylation sites (tertiary alicyclic amines) is 1. The smallest absolute Gasteiger partial charge is 0.174 e. The van der Waals surface area contributed by atoms with Crippen LogP contribution < -0.4 is 9.47 Å². The van der Waals surface area contributed by atoms with E-state index in [0.717, 1.165) is 43.3 Å². The molecule has 1 aromatic rings. The second-order valence-corrected chi connectivity index (χ2v) is 8.03. The minimum absolute atomic E-state index is 0.126. The number of ether oxygens (including phenoxy) is 2. The summed E-state index contributed by atoms with van der Waals surface area (Å²) in [5.74, 6) is 3.30. The molecule has 2 aliphatic carbocycles. The third-order valence-corrected chi connectivity index (χ3v) is 6.70. The molecule has 0 bridgehead atoms.